The van der Waals surface area contributed by atoms with E-state index < -0.39 is 5.54 Å². The van der Waals surface area contributed by atoms with Crippen LogP contribution >= 0.6 is 0 Å². The Labute approximate surface area is 122 Å². The van der Waals surface area contributed by atoms with Crippen molar-refractivity contribution >= 4 is 0 Å². The molecule has 0 aliphatic heterocycles. The van der Waals surface area contributed by atoms with Crippen molar-refractivity contribution in [2.24, 2.45) is 5.73 Å². The number of hydrogen-bond donors (Lipinski definition) is 1. The second-order valence-corrected chi connectivity index (χ2v) is 6.32. The van der Waals surface area contributed by atoms with Crippen LogP contribution in [0.4, 0.5) is 4.39 Å². The van der Waals surface area contributed by atoms with Gasteiger partial charge in [-0.3, -0.25) is 0 Å². The number of benzene rings is 1. The first kappa shape index (κ1) is 13.0. The van der Waals surface area contributed by atoms with E-state index in [2.05, 4.69) is 10.1 Å². The van der Waals surface area contributed by atoms with Crippen LogP contribution in [0.15, 0.2) is 28.8 Å². The summed E-state index contributed by atoms with van der Waals surface area (Å²) in [6, 6.07) is 6.66. The Morgan fingerprint density at radius 1 is 1.14 bits per heavy atom. The van der Waals surface area contributed by atoms with Gasteiger partial charge in [-0.2, -0.15) is 4.98 Å². The van der Waals surface area contributed by atoms with Crippen molar-refractivity contribution in [2.45, 2.75) is 49.5 Å². The minimum atomic E-state index is -0.401. The standard InChI is InChI=1S/C16H18FN3O/c17-11-5-3-10(4-6-11)12-9-13(12)14-19-15(20-21-14)16(18)7-1-2-8-16/h3-6,12-13H,1-2,7-9,18H2/t12-,13+/m0/s1. The molecule has 2 aliphatic rings. The summed E-state index contributed by atoms with van der Waals surface area (Å²) in [7, 11) is 0. The normalized spacial score (nSPS) is 27.0. The molecule has 0 amide bonds. The molecule has 2 fully saturated rings. The van der Waals surface area contributed by atoms with E-state index in [1.807, 2.05) is 12.1 Å². The summed E-state index contributed by atoms with van der Waals surface area (Å²) in [6.45, 7) is 0. The van der Waals surface area contributed by atoms with Gasteiger partial charge in [-0.05, 0) is 42.9 Å². The van der Waals surface area contributed by atoms with Crippen molar-refractivity contribution in [3.8, 4) is 0 Å². The molecule has 1 aromatic heterocycles. The average Bonchev–Trinajstić information content (AvgIpc) is 2.92. The lowest BCUT2D eigenvalue weighted by molar-refractivity contribution is 0.348. The zero-order valence-corrected chi connectivity index (χ0v) is 11.8. The summed E-state index contributed by atoms with van der Waals surface area (Å²) in [6.07, 6.45) is 5.09. The molecular formula is C16H18FN3O. The third-order valence-electron chi connectivity index (χ3n) is 4.79. The van der Waals surface area contributed by atoms with Crippen LogP contribution in [0.5, 0.6) is 0 Å². The zero-order valence-electron chi connectivity index (χ0n) is 11.8. The highest BCUT2D eigenvalue weighted by Crippen LogP contribution is 2.54. The Morgan fingerprint density at radius 2 is 1.86 bits per heavy atom. The van der Waals surface area contributed by atoms with Crippen molar-refractivity contribution in [1.29, 1.82) is 0 Å². The molecule has 4 rings (SSSR count). The van der Waals surface area contributed by atoms with E-state index in [9.17, 15) is 4.39 Å². The molecule has 5 heteroatoms. The van der Waals surface area contributed by atoms with Gasteiger partial charge in [0, 0.05) is 5.92 Å². The monoisotopic (exact) mass is 287 g/mol. The molecule has 21 heavy (non-hydrogen) atoms. The quantitative estimate of drug-likeness (QED) is 0.941. The van der Waals surface area contributed by atoms with Crippen LogP contribution < -0.4 is 5.73 Å². The van der Waals surface area contributed by atoms with Gasteiger partial charge in [-0.15, -0.1) is 0 Å². The van der Waals surface area contributed by atoms with Gasteiger partial charge in [0.2, 0.25) is 5.89 Å². The van der Waals surface area contributed by atoms with E-state index in [4.69, 9.17) is 10.3 Å². The second-order valence-electron chi connectivity index (χ2n) is 6.32. The van der Waals surface area contributed by atoms with Crippen molar-refractivity contribution in [3.63, 3.8) is 0 Å². The van der Waals surface area contributed by atoms with Crippen LogP contribution in [0, 0.1) is 5.82 Å². The van der Waals surface area contributed by atoms with Gasteiger partial charge in [0.25, 0.3) is 0 Å². The number of rotatable bonds is 3. The molecule has 2 N–H and O–H groups in total. The van der Waals surface area contributed by atoms with Crippen molar-refractivity contribution < 1.29 is 8.91 Å². The summed E-state index contributed by atoms with van der Waals surface area (Å²) < 4.78 is 18.4. The Morgan fingerprint density at radius 3 is 2.57 bits per heavy atom. The highest BCUT2D eigenvalue weighted by atomic mass is 19.1. The van der Waals surface area contributed by atoms with E-state index in [0.717, 1.165) is 37.7 Å². The van der Waals surface area contributed by atoms with E-state index in [1.54, 1.807) is 0 Å². The van der Waals surface area contributed by atoms with Crippen molar-refractivity contribution in [1.82, 2.24) is 10.1 Å². The Bertz CT molecular complexity index is 646. The lowest BCUT2D eigenvalue weighted by Gasteiger charge is -2.17. The molecule has 0 radical (unpaired) electrons. The Balaban J connectivity index is 1.51. The maximum Gasteiger partial charge on any atom is 0.230 e. The van der Waals surface area contributed by atoms with Gasteiger partial charge in [0.05, 0.1) is 5.54 Å². The highest BCUT2D eigenvalue weighted by molar-refractivity contribution is 5.31. The summed E-state index contributed by atoms with van der Waals surface area (Å²) in [4.78, 5) is 4.54. The lowest BCUT2D eigenvalue weighted by atomic mass is 9.99. The van der Waals surface area contributed by atoms with Gasteiger partial charge in [-0.1, -0.05) is 30.1 Å². The van der Waals surface area contributed by atoms with Crippen LogP contribution in [0.3, 0.4) is 0 Å². The van der Waals surface area contributed by atoms with Gasteiger partial charge in [0.15, 0.2) is 5.82 Å². The average molecular weight is 287 g/mol. The van der Waals surface area contributed by atoms with Crippen molar-refractivity contribution in [3.05, 3.63) is 47.4 Å². The molecule has 2 saturated carbocycles. The fraction of sp³-hybridized carbons (Fsp3) is 0.500. The molecule has 0 bridgehead atoms. The minimum absolute atomic E-state index is 0.206. The molecule has 2 atom stereocenters. The molecule has 1 heterocycles. The fourth-order valence-corrected chi connectivity index (χ4v) is 3.36. The summed E-state index contributed by atoms with van der Waals surface area (Å²) in [5.41, 5.74) is 7.08. The van der Waals surface area contributed by atoms with Crippen LogP contribution in [0.2, 0.25) is 0 Å². The summed E-state index contributed by atoms with van der Waals surface area (Å²) >= 11 is 0. The lowest BCUT2D eigenvalue weighted by Crippen LogP contribution is -2.34. The molecule has 0 saturated heterocycles. The van der Waals surface area contributed by atoms with Crippen LogP contribution in [0.1, 0.15) is 61.2 Å². The Hall–Kier alpha value is -1.75. The van der Waals surface area contributed by atoms with E-state index in [-0.39, 0.29) is 11.7 Å². The number of halogens is 1. The van der Waals surface area contributed by atoms with Gasteiger partial charge >= 0.3 is 0 Å². The first-order chi connectivity index (χ1) is 10.2. The van der Waals surface area contributed by atoms with Gasteiger partial charge in [0.1, 0.15) is 5.82 Å². The third kappa shape index (κ3) is 2.25. The highest BCUT2D eigenvalue weighted by Gasteiger charge is 2.45. The fourth-order valence-electron chi connectivity index (χ4n) is 3.36. The molecule has 4 nitrogen and oxygen atoms in total. The van der Waals surface area contributed by atoms with Gasteiger partial charge < -0.3 is 10.3 Å². The summed E-state index contributed by atoms with van der Waals surface area (Å²) in [5, 5.41) is 4.10. The smallest absolute Gasteiger partial charge is 0.230 e. The first-order valence-corrected chi connectivity index (χ1v) is 7.54. The zero-order chi connectivity index (χ0) is 14.4. The van der Waals surface area contributed by atoms with E-state index >= 15 is 0 Å². The van der Waals surface area contributed by atoms with Crippen LogP contribution in [-0.4, -0.2) is 10.1 Å². The van der Waals surface area contributed by atoms with Crippen molar-refractivity contribution in [2.75, 3.05) is 0 Å². The van der Waals surface area contributed by atoms with E-state index in [0.29, 0.717) is 17.6 Å². The number of hydrogen-bond acceptors (Lipinski definition) is 4. The number of nitrogens with two attached hydrogens (primary N) is 1. The molecule has 1 aromatic carbocycles. The maximum atomic E-state index is 13.0. The summed E-state index contributed by atoms with van der Waals surface area (Å²) in [5.74, 6) is 1.73. The maximum absolute atomic E-state index is 13.0. The second kappa shape index (κ2) is 4.63. The minimum Gasteiger partial charge on any atom is -0.339 e. The number of aromatic nitrogens is 2. The molecule has 0 spiro atoms. The largest absolute Gasteiger partial charge is 0.339 e. The molecular weight excluding hydrogens is 269 g/mol. The first-order valence-electron chi connectivity index (χ1n) is 7.54. The van der Waals surface area contributed by atoms with E-state index in [1.165, 1.54) is 12.1 Å². The Kier molecular flexibility index (Phi) is 2.85. The predicted octanol–water partition coefficient (Wildman–Crippen LogP) is 3.21. The molecule has 0 unspecified atom stereocenters. The third-order valence-corrected chi connectivity index (χ3v) is 4.79. The molecule has 2 aliphatic carbocycles. The SMILES string of the molecule is NC1(c2noc([C@@H]3C[C@H]3c3ccc(F)cc3)n2)CCCC1. The topological polar surface area (TPSA) is 64.9 Å². The number of nitrogens with zero attached hydrogens (tertiary/aromatic N) is 2. The van der Waals surface area contributed by atoms with Crippen LogP contribution in [0.25, 0.3) is 0 Å². The predicted molar refractivity (Wildman–Crippen MR) is 75.1 cm³/mol. The molecule has 110 valence electrons. The van der Waals surface area contributed by atoms with Crippen LogP contribution in [-0.2, 0) is 5.54 Å². The van der Waals surface area contributed by atoms with Gasteiger partial charge in [-0.25, -0.2) is 4.39 Å². The molecule has 2 aromatic rings.